The van der Waals surface area contributed by atoms with Crippen molar-refractivity contribution in [2.24, 2.45) is 0 Å². The number of ether oxygens (including phenoxy) is 1. The van der Waals surface area contributed by atoms with Gasteiger partial charge in [0.25, 0.3) is 0 Å². The van der Waals surface area contributed by atoms with Crippen molar-refractivity contribution in [3.05, 3.63) is 29.3 Å². The predicted octanol–water partition coefficient (Wildman–Crippen LogP) is 1.26. The number of nitrogen functional groups attached to an aromatic ring is 1. The summed E-state index contributed by atoms with van der Waals surface area (Å²) in [4.78, 5) is 10.8. The van der Waals surface area contributed by atoms with Gasteiger partial charge in [-0.1, -0.05) is 0 Å². The Bertz CT molecular complexity index is 366. The summed E-state index contributed by atoms with van der Waals surface area (Å²) in [6, 6.07) is 1.78. The molecule has 0 bridgehead atoms. The van der Waals surface area contributed by atoms with E-state index < -0.39 is 17.6 Å². The quantitative estimate of drug-likeness (QED) is 0.579. The summed E-state index contributed by atoms with van der Waals surface area (Å²) < 4.78 is 30.3. The molecule has 0 amide bonds. The van der Waals surface area contributed by atoms with Crippen LogP contribution in [0.4, 0.5) is 14.5 Å². The summed E-state index contributed by atoms with van der Waals surface area (Å²) in [5.74, 6) is -2.10. The fourth-order valence-corrected chi connectivity index (χ4v) is 1.03. The molecule has 0 spiro atoms. The second-order valence-electron chi connectivity index (χ2n) is 2.72. The molecule has 1 aromatic rings. The van der Waals surface area contributed by atoms with E-state index in [0.29, 0.717) is 0 Å². The number of esters is 1. The molecule has 0 aliphatic rings. The highest BCUT2D eigenvalue weighted by Crippen LogP contribution is 2.17. The van der Waals surface area contributed by atoms with E-state index in [-0.39, 0.29) is 17.7 Å². The summed E-state index contributed by atoms with van der Waals surface area (Å²) in [6.07, 6.45) is -0.329. The van der Waals surface area contributed by atoms with E-state index in [0.717, 1.165) is 12.1 Å². The summed E-state index contributed by atoms with van der Waals surface area (Å²) in [5, 5.41) is 0. The maximum atomic E-state index is 13.2. The highest BCUT2D eigenvalue weighted by molar-refractivity contribution is 5.73. The van der Waals surface area contributed by atoms with Crippen LogP contribution in [0.1, 0.15) is 5.56 Å². The molecule has 1 rings (SSSR count). The molecule has 14 heavy (non-hydrogen) atoms. The zero-order valence-corrected chi connectivity index (χ0v) is 7.51. The van der Waals surface area contributed by atoms with Gasteiger partial charge < -0.3 is 10.5 Å². The number of halogens is 2. The maximum Gasteiger partial charge on any atom is 0.310 e. The average molecular weight is 201 g/mol. The lowest BCUT2D eigenvalue weighted by atomic mass is 10.1. The first-order chi connectivity index (χ1) is 6.54. The van der Waals surface area contributed by atoms with E-state index >= 15 is 0 Å². The number of hydrogen-bond acceptors (Lipinski definition) is 3. The molecule has 1 aromatic carbocycles. The summed E-state index contributed by atoms with van der Waals surface area (Å²) in [6.45, 7) is 0. The second kappa shape index (κ2) is 4.04. The lowest BCUT2D eigenvalue weighted by molar-refractivity contribution is -0.139. The molecule has 76 valence electrons. The molecule has 0 radical (unpaired) electrons. The second-order valence-corrected chi connectivity index (χ2v) is 2.72. The van der Waals surface area contributed by atoms with Crippen LogP contribution in [0.2, 0.25) is 0 Å². The predicted molar refractivity (Wildman–Crippen MR) is 46.5 cm³/mol. The van der Waals surface area contributed by atoms with E-state index in [2.05, 4.69) is 4.74 Å². The highest BCUT2D eigenvalue weighted by atomic mass is 19.1. The van der Waals surface area contributed by atoms with Gasteiger partial charge >= 0.3 is 5.97 Å². The van der Waals surface area contributed by atoms with Crippen LogP contribution in [0.5, 0.6) is 0 Å². The summed E-state index contributed by atoms with van der Waals surface area (Å²) >= 11 is 0. The first-order valence-corrected chi connectivity index (χ1v) is 3.84. The van der Waals surface area contributed by atoms with Gasteiger partial charge in [-0.05, 0) is 12.1 Å². The van der Waals surface area contributed by atoms with E-state index in [9.17, 15) is 13.6 Å². The van der Waals surface area contributed by atoms with Gasteiger partial charge in [-0.15, -0.1) is 0 Å². The average Bonchev–Trinajstić information content (AvgIpc) is 2.13. The molecular weight excluding hydrogens is 192 g/mol. The van der Waals surface area contributed by atoms with Crippen molar-refractivity contribution in [2.75, 3.05) is 12.8 Å². The summed E-state index contributed by atoms with van der Waals surface area (Å²) in [7, 11) is 1.17. The fourth-order valence-electron chi connectivity index (χ4n) is 1.03. The van der Waals surface area contributed by atoms with Crippen molar-refractivity contribution in [2.45, 2.75) is 6.42 Å². The molecular formula is C9H9F2NO2. The Kier molecular flexibility index (Phi) is 3.01. The van der Waals surface area contributed by atoms with Crippen LogP contribution in [-0.2, 0) is 16.0 Å². The zero-order chi connectivity index (χ0) is 10.7. The standard InChI is InChI=1S/C9H9F2NO2/c1-14-8(13)3-5-2-6(10)4-7(12)9(5)11/h2,4H,3,12H2,1H3. The van der Waals surface area contributed by atoms with Crippen molar-refractivity contribution in [3.8, 4) is 0 Å². The van der Waals surface area contributed by atoms with Gasteiger partial charge in [-0.2, -0.15) is 0 Å². The van der Waals surface area contributed by atoms with Gasteiger partial charge in [0.2, 0.25) is 0 Å². The van der Waals surface area contributed by atoms with E-state index in [1.54, 1.807) is 0 Å². The first-order valence-electron chi connectivity index (χ1n) is 3.84. The number of rotatable bonds is 2. The van der Waals surface area contributed by atoms with Crippen LogP contribution in [0.15, 0.2) is 12.1 Å². The Hall–Kier alpha value is -1.65. The van der Waals surface area contributed by atoms with Crippen LogP contribution in [-0.4, -0.2) is 13.1 Å². The molecule has 0 aliphatic carbocycles. The molecule has 0 atom stereocenters. The largest absolute Gasteiger partial charge is 0.469 e. The minimum Gasteiger partial charge on any atom is -0.469 e. The number of anilines is 1. The number of carbonyl (C=O) groups is 1. The molecule has 0 aliphatic heterocycles. The molecule has 0 fully saturated rings. The van der Waals surface area contributed by atoms with E-state index in [4.69, 9.17) is 5.73 Å². The number of benzene rings is 1. The molecule has 0 unspecified atom stereocenters. The highest BCUT2D eigenvalue weighted by Gasteiger charge is 2.12. The van der Waals surface area contributed by atoms with Gasteiger partial charge in [0, 0.05) is 5.56 Å². The minimum absolute atomic E-state index is 0.102. The van der Waals surface area contributed by atoms with Gasteiger partial charge in [-0.25, -0.2) is 8.78 Å². The summed E-state index contributed by atoms with van der Waals surface area (Å²) in [5.41, 5.74) is 4.75. The fraction of sp³-hybridized carbons (Fsp3) is 0.222. The molecule has 3 nitrogen and oxygen atoms in total. The molecule has 0 heterocycles. The van der Waals surface area contributed by atoms with E-state index in [1.165, 1.54) is 7.11 Å². The van der Waals surface area contributed by atoms with Crippen LogP contribution in [0.3, 0.4) is 0 Å². The number of carbonyl (C=O) groups excluding carboxylic acids is 1. The Labute approximate surface area is 79.5 Å². The topological polar surface area (TPSA) is 52.3 Å². The Morgan fingerprint density at radius 3 is 2.71 bits per heavy atom. The third kappa shape index (κ3) is 2.18. The Morgan fingerprint density at radius 1 is 1.50 bits per heavy atom. The molecule has 0 saturated heterocycles. The third-order valence-corrected chi connectivity index (χ3v) is 1.70. The number of nitrogens with two attached hydrogens (primary N) is 1. The van der Waals surface area contributed by atoms with Crippen LogP contribution >= 0.6 is 0 Å². The maximum absolute atomic E-state index is 13.2. The molecule has 2 N–H and O–H groups in total. The molecule has 0 saturated carbocycles. The lowest BCUT2D eigenvalue weighted by Crippen LogP contribution is -2.08. The van der Waals surface area contributed by atoms with Crippen LogP contribution in [0, 0.1) is 11.6 Å². The number of hydrogen-bond donors (Lipinski definition) is 1. The van der Waals surface area contributed by atoms with Gasteiger partial charge in [0.15, 0.2) is 0 Å². The lowest BCUT2D eigenvalue weighted by Gasteiger charge is -2.04. The van der Waals surface area contributed by atoms with Crippen molar-refractivity contribution in [1.82, 2.24) is 0 Å². The van der Waals surface area contributed by atoms with Crippen molar-refractivity contribution < 1.29 is 18.3 Å². The van der Waals surface area contributed by atoms with Gasteiger partial charge in [0.1, 0.15) is 11.6 Å². The Balaban J connectivity index is 3.02. The van der Waals surface area contributed by atoms with Crippen molar-refractivity contribution in [3.63, 3.8) is 0 Å². The van der Waals surface area contributed by atoms with Crippen molar-refractivity contribution >= 4 is 11.7 Å². The first kappa shape index (κ1) is 10.4. The monoisotopic (exact) mass is 201 g/mol. The Morgan fingerprint density at radius 2 is 2.14 bits per heavy atom. The van der Waals surface area contributed by atoms with Crippen LogP contribution < -0.4 is 5.73 Å². The smallest absolute Gasteiger partial charge is 0.310 e. The molecule has 0 aromatic heterocycles. The SMILES string of the molecule is COC(=O)Cc1cc(F)cc(N)c1F. The van der Waals surface area contributed by atoms with Crippen LogP contribution in [0.25, 0.3) is 0 Å². The zero-order valence-electron chi connectivity index (χ0n) is 7.51. The third-order valence-electron chi connectivity index (χ3n) is 1.70. The minimum atomic E-state index is -0.781. The van der Waals surface area contributed by atoms with Gasteiger partial charge in [0.05, 0.1) is 19.2 Å². The van der Waals surface area contributed by atoms with Gasteiger partial charge in [-0.3, -0.25) is 4.79 Å². The molecule has 5 heteroatoms. The van der Waals surface area contributed by atoms with Crippen molar-refractivity contribution in [1.29, 1.82) is 0 Å². The number of methoxy groups -OCH3 is 1. The van der Waals surface area contributed by atoms with E-state index in [1.807, 2.05) is 0 Å². The normalized spacial score (nSPS) is 9.93.